The van der Waals surface area contributed by atoms with Crippen LogP contribution in [-0.2, 0) is 0 Å². The minimum Gasteiger partial charge on any atom is -0.623 e. The molecule has 0 N–H and O–H groups in total. The zero-order valence-corrected chi connectivity index (χ0v) is 17.4. The lowest BCUT2D eigenvalue weighted by molar-refractivity contribution is -0.530. The lowest BCUT2D eigenvalue weighted by Gasteiger charge is -2.18. The van der Waals surface area contributed by atoms with E-state index < -0.39 is 5.54 Å². The third kappa shape index (κ3) is 10.5. The van der Waals surface area contributed by atoms with Crippen LogP contribution in [0, 0.1) is 5.21 Å². The van der Waals surface area contributed by atoms with Crippen molar-refractivity contribution in [3.05, 3.63) is 35.0 Å². The van der Waals surface area contributed by atoms with Crippen LogP contribution in [0.3, 0.4) is 0 Å². The van der Waals surface area contributed by atoms with Crippen LogP contribution in [-0.4, -0.2) is 23.1 Å². The third-order valence-electron chi connectivity index (χ3n) is 4.57. The summed E-state index contributed by atoms with van der Waals surface area (Å²) in [6.07, 6.45) is 15.0. The molecular weight excluding hydrogens is 322 g/mol. The number of ether oxygens (including phenoxy) is 1. The Balaban J connectivity index is 2.11. The van der Waals surface area contributed by atoms with Crippen LogP contribution >= 0.6 is 0 Å². The molecule has 0 amide bonds. The Bertz CT molecular complexity index is 500. The zero-order chi connectivity index (χ0) is 19.3. The molecule has 1 aromatic carbocycles. The van der Waals surface area contributed by atoms with Gasteiger partial charge in [0, 0.05) is 26.3 Å². The molecule has 0 aliphatic carbocycles. The van der Waals surface area contributed by atoms with Gasteiger partial charge in [-0.25, -0.2) is 4.74 Å². The Labute approximate surface area is 161 Å². The van der Waals surface area contributed by atoms with Gasteiger partial charge in [0.15, 0.2) is 11.8 Å². The average Bonchev–Trinajstić information content (AvgIpc) is 2.60. The molecule has 26 heavy (non-hydrogen) atoms. The first-order chi connectivity index (χ1) is 12.4. The minimum atomic E-state index is -0.412. The minimum absolute atomic E-state index is 0.412. The van der Waals surface area contributed by atoms with E-state index >= 15 is 0 Å². The summed E-state index contributed by atoms with van der Waals surface area (Å²) in [6, 6.07) is 7.76. The predicted molar refractivity (Wildman–Crippen MR) is 112 cm³/mol. The number of hydroxylamine groups is 1. The van der Waals surface area contributed by atoms with Crippen molar-refractivity contribution >= 4 is 6.21 Å². The Morgan fingerprint density at radius 2 is 1.35 bits per heavy atom. The van der Waals surface area contributed by atoms with Crippen LogP contribution in [0.25, 0.3) is 0 Å². The molecule has 0 bridgehead atoms. The number of nitrogens with zero attached hydrogens (tertiary/aromatic N) is 1. The fourth-order valence-electron chi connectivity index (χ4n) is 2.76. The largest absolute Gasteiger partial charge is 0.623 e. The van der Waals surface area contributed by atoms with Gasteiger partial charge in [-0.2, -0.15) is 0 Å². The van der Waals surface area contributed by atoms with Gasteiger partial charge in [-0.1, -0.05) is 64.7 Å². The Kier molecular flexibility index (Phi) is 11.1. The van der Waals surface area contributed by atoms with E-state index in [2.05, 4.69) is 6.92 Å². The van der Waals surface area contributed by atoms with Gasteiger partial charge in [-0.3, -0.25) is 0 Å². The maximum atomic E-state index is 11.9. The molecule has 3 heteroatoms. The third-order valence-corrected chi connectivity index (χ3v) is 4.57. The molecule has 0 spiro atoms. The molecule has 0 fully saturated rings. The van der Waals surface area contributed by atoms with Crippen LogP contribution in [0.5, 0.6) is 5.75 Å². The molecule has 0 radical (unpaired) electrons. The molecule has 0 heterocycles. The Hall–Kier alpha value is -1.51. The number of benzene rings is 1. The van der Waals surface area contributed by atoms with Crippen molar-refractivity contribution in [2.24, 2.45) is 0 Å². The second kappa shape index (κ2) is 12.8. The molecule has 0 atom stereocenters. The molecule has 1 aromatic rings. The maximum absolute atomic E-state index is 11.9. The monoisotopic (exact) mass is 361 g/mol. The van der Waals surface area contributed by atoms with Gasteiger partial charge in [-0.05, 0) is 30.7 Å². The van der Waals surface area contributed by atoms with Crippen molar-refractivity contribution in [1.29, 1.82) is 0 Å². The lowest BCUT2D eigenvalue weighted by atomic mass is 10.1. The van der Waals surface area contributed by atoms with Gasteiger partial charge < -0.3 is 9.94 Å². The van der Waals surface area contributed by atoms with Crippen molar-refractivity contribution < 1.29 is 9.48 Å². The summed E-state index contributed by atoms with van der Waals surface area (Å²) in [6.45, 7) is 8.75. The first-order valence-corrected chi connectivity index (χ1v) is 10.5. The van der Waals surface area contributed by atoms with Crippen molar-refractivity contribution in [3.63, 3.8) is 0 Å². The first kappa shape index (κ1) is 22.5. The van der Waals surface area contributed by atoms with E-state index in [0.717, 1.165) is 29.1 Å². The van der Waals surface area contributed by atoms with Gasteiger partial charge in [0.2, 0.25) is 0 Å². The topological polar surface area (TPSA) is 35.3 Å². The van der Waals surface area contributed by atoms with Crippen molar-refractivity contribution in [2.75, 3.05) is 6.61 Å². The van der Waals surface area contributed by atoms with Crippen LogP contribution in [0.1, 0.15) is 97.5 Å². The average molecular weight is 362 g/mol. The van der Waals surface area contributed by atoms with Crippen LogP contribution in [0.4, 0.5) is 0 Å². The van der Waals surface area contributed by atoms with Gasteiger partial charge in [-0.15, -0.1) is 0 Å². The number of unbranched alkanes of at least 4 members (excludes halogenated alkanes) is 9. The van der Waals surface area contributed by atoms with E-state index in [1.54, 1.807) is 6.21 Å². The summed E-state index contributed by atoms with van der Waals surface area (Å²) in [4.78, 5) is 0. The zero-order valence-electron chi connectivity index (χ0n) is 17.4. The molecule has 0 aliphatic heterocycles. The number of rotatable bonds is 13. The second-order valence-electron chi connectivity index (χ2n) is 8.23. The standard InChI is InChI=1S/C23H39NO2/c1-5-6-7-8-9-10-11-12-13-14-19-26-22-17-15-21(16-18-22)20-24(25)23(2,3)4/h15-18,20H,5-14,19H2,1-4H3/b24-20-. The highest BCUT2D eigenvalue weighted by molar-refractivity contribution is 5.76. The molecular formula is C23H39NO2. The van der Waals surface area contributed by atoms with E-state index in [1.165, 1.54) is 57.8 Å². The van der Waals surface area contributed by atoms with Crippen molar-refractivity contribution in [1.82, 2.24) is 0 Å². The fourth-order valence-corrected chi connectivity index (χ4v) is 2.76. The highest BCUT2D eigenvalue weighted by Crippen LogP contribution is 2.14. The molecule has 0 saturated carbocycles. The van der Waals surface area contributed by atoms with Crippen molar-refractivity contribution in [2.45, 2.75) is 97.4 Å². The summed E-state index contributed by atoms with van der Waals surface area (Å²) < 4.78 is 6.79. The van der Waals surface area contributed by atoms with Crippen molar-refractivity contribution in [3.8, 4) is 5.75 Å². The van der Waals surface area contributed by atoms with E-state index in [4.69, 9.17) is 4.74 Å². The second-order valence-corrected chi connectivity index (χ2v) is 8.23. The summed E-state index contributed by atoms with van der Waals surface area (Å²) in [5.41, 5.74) is 0.492. The molecule has 1 rings (SSSR count). The summed E-state index contributed by atoms with van der Waals surface area (Å²) >= 11 is 0. The predicted octanol–water partition coefficient (Wildman–Crippen LogP) is 6.71. The summed E-state index contributed by atoms with van der Waals surface area (Å²) in [7, 11) is 0. The van der Waals surface area contributed by atoms with Crippen LogP contribution < -0.4 is 4.74 Å². The van der Waals surface area contributed by atoms with E-state index in [-0.39, 0.29) is 0 Å². The lowest BCUT2D eigenvalue weighted by Crippen LogP contribution is -2.29. The highest BCUT2D eigenvalue weighted by atomic mass is 16.5. The van der Waals surface area contributed by atoms with Crippen LogP contribution in [0.15, 0.2) is 24.3 Å². The summed E-state index contributed by atoms with van der Waals surface area (Å²) in [5.74, 6) is 0.881. The van der Waals surface area contributed by atoms with Gasteiger partial charge in [0.1, 0.15) is 5.75 Å². The van der Waals surface area contributed by atoms with Gasteiger partial charge in [0.25, 0.3) is 0 Å². The normalized spacial score (nSPS) is 12.4. The molecule has 148 valence electrons. The van der Waals surface area contributed by atoms with Gasteiger partial charge in [0.05, 0.1) is 6.61 Å². The molecule has 3 nitrogen and oxygen atoms in total. The molecule has 0 aromatic heterocycles. The van der Waals surface area contributed by atoms with E-state index in [1.807, 2.05) is 45.0 Å². The first-order valence-electron chi connectivity index (χ1n) is 10.5. The van der Waals surface area contributed by atoms with Gasteiger partial charge >= 0.3 is 0 Å². The fraction of sp³-hybridized carbons (Fsp3) is 0.696. The maximum Gasteiger partial charge on any atom is 0.182 e. The highest BCUT2D eigenvalue weighted by Gasteiger charge is 2.17. The smallest absolute Gasteiger partial charge is 0.182 e. The Morgan fingerprint density at radius 3 is 1.85 bits per heavy atom. The number of hydrogen-bond acceptors (Lipinski definition) is 2. The van der Waals surface area contributed by atoms with E-state index in [9.17, 15) is 5.21 Å². The summed E-state index contributed by atoms with van der Waals surface area (Å²) in [5, 5.41) is 11.9. The number of hydrogen-bond donors (Lipinski definition) is 0. The Morgan fingerprint density at radius 1 is 0.846 bits per heavy atom. The van der Waals surface area contributed by atoms with E-state index in [0.29, 0.717) is 0 Å². The SMILES string of the molecule is CCCCCCCCCCCCOc1ccc(/C=[N+](\[O-])C(C)(C)C)cc1. The molecule has 0 unspecified atom stereocenters. The van der Waals surface area contributed by atoms with Crippen LogP contribution in [0.2, 0.25) is 0 Å². The molecule has 0 aliphatic rings. The molecule has 0 saturated heterocycles. The quantitative estimate of drug-likeness (QED) is 0.129.